The van der Waals surface area contributed by atoms with Gasteiger partial charge in [0.1, 0.15) is 0 Å². The smallest absolute Gasteiger partial charge is 0.312 e. The van der Waals surface area contributed by atoms with Gasteiger partial charge in [0, 0.05) is 19.3 Å². The summed E-state index contributed by atoms with van der Waals surface area (Å²) >= 11 is 0. The quantitative estimate of drug-likeness (QED) is 0.248. The largest absolute Gasteiger partial charge is 0.352 e. The number of amides is 3. The number of nitrogen functional groups attached to an aromatic ring is 1. The van der Waals surface area contributed by atoms with E-state index in [-0.39, 0.29) is 19.0 Å². The minimum Gasteiger partial charge on any atom is -0.352 e. The average Bonchev–Trinajstić information content (AvgIpc) is 2.34. The maximum atomic E-state index is 11.7. The molecule has 0 saturated carbocycles. The lowest BCUT2D eigenvalue weighted by Gasteiger charge is -2.08. The van der Waals surface area contributed by atoms with Gasteiger partial charge in [0.05, 0.1) is 17.4 Å². The summed E-state index contributed by atoms with van der Waals surface area (Å²) in [4.78, 5) is 25.9. The summed E-state index contributed by atoms with van der Waals surface area (Å²) in [7, 11) is 0. The molecule has 1 heterocycles. The molecule has 17 heavy (non-hydrogen) atoms. The number of carbonyl (C=O) groups is 2. The number of primary amides is 1. The van der Waals surface area contributed by atoms with Gasteiger partial charge in [-0.2, -0.15) is 0 Å². The fraction of sp³-hybridized carbons (Fsp3) is 0.222. The highest BCUT2D eigenvalue weighted by Crippen LogP contribution is 2.10. The van der Waals surface area contributed by atoms with Crippen molar-refractivity contribution in [2.75, 3.05) is 18.5 Å². The standard InChI is InChI=1S/C9H14N6O2/c10-9(17)14-4-3-13-8(16)6-1-2-12-5-7(6)15-11/h1-2,5,15H,3-4,11H2,(H,13,16)(H3,10,14,17). The second kappa shape index (κ2) is 6.28. The molecule has 0 radical (unpaired) electrons. The van der Waals surface area contributed by atoms with Crippen LogP contribution in [0.3, 0.4) is 0 Å². The molecule has 92 valence electrons. The van der Waals surface area contributed by atoms with E-state index in [0.29, 0.717) is 11.3 Å². The maximum absolute atomic E-state index is 11.7. The normalized spacial score (nSPS) is 9.47. The van der Waals surface area contributed by atoms with Crippen molar-refractivity contribution >= 4 is 17.6 Å². The first-order chi connectivity index (χ1) is 8.15. The van der Waals surface area contributed by atoms with Crippen LogP contribution in [0.15, 0.2) is 18.5 Å². The minimum absolute atomic E-state index is 0.261. The van der Waals surface area contributed by atoms with Crippen molar-refractivity contribution in [3.8, 4) is 0 Å². The molecule has 8 nitrogen and oxygen atoms in total. The summed E-state index contributed by atoms with van der Waals surface area (Å²) in [5.74, 6) is 4.93. The van der Waals surface area contributed by atoms with Gasteiger partial charge < -0.3 is 21.8 Å². The number of anilines is 1. The van der Waals surface area contributed by atoms with Gasteiger partial charge in [-0.1, -0.05) is 0 Å². The number of nitrogens with two attached hydrogens (primary N) is 2. The van der Waals surface area contributed by atoms with Crippen molar-refractivity contribution in [1.82, 2.24) is 15.6 Å². The number of carbonyl (C=O) groups excluding carboxylic acids is 2. The Bertz CT molecular complexity index is 408. The molecular weight excluding hydrogens is 224 g/mol. The van der Waals surface area contributed by atoms with Crippen molar-refractivity contribution in [3.05, 3.63) is 24.0 Å². The highest BCUT2D eigenvalue weighted by Gasteiger charge is 2.09. The monoisotopic (exact) mass is 238 g/mol. The Morgan fingerprint density at radius 2 is 2.00 bits per heavy atom. The third-order valence-electron chi connectivity index (χ3n) is 1.93. The van der Waals surface area contributed by atoms with Crippen molar-refractivity contribution in [2.45, 2.75) is 0 Å². The fourth-order valence-electron chi connectivity index (χ4n) is 1.16. The van der Waals surface area contributed by atoms with Gasteiger partial charge >= 0.3 is 6.03 Å². The first-order valence-corrected chi connectivity index (χ1v) is 4.87. The number of nitrogens with one attached hydrogen (secondary N) is 3. The second-order valence-corrected chi connectivity index (χ2v) is 3.11. The van der Waals surface area contributed by atoms with E-state index >= 15 is 0 Å². The predicted molar refractivity (Wildman–Crippen MR) is 62.0 cm³/mol. The molecule has 0 aliphatic carbocycles. The molecule has 0 aliphatic rings. The Morgan fingerprint density at radius 3 is 2.65 bits per heavy atom. The van der Waals surface area contributed by atoms with Crippen molar-refractivity contribution < 1.29 is 9.59 Å². The number of hydrazine groups is 1. The molecular formula is C9H14N6O2. The molecule has 1 rings (SSSR count). The van der Waals surface area contributed by atoms with Crippen LogP contribution in [0.25, 0.3) is 0 Å². The minimum atomic E-state index is -0.632. The molecule has 0 aliphatic heterocycles. The lowest BCUT2D eigenvalue weighted by atomic mass is 10.2. The van der Waals surface area contributed by atoms with Crippen LogP contribution in [0, 0.1) is 0 Å². The van der Waals surface area contributed by atoms with Crippen LogP contribution in [-0.2, 0) is 0 Å². The average molecular weight is 238 g/mol. The fourth-order valence-corrected chi connectivity index (χ4v) is 1.16. The summed E-state index contributed by atoms with van der Waals surface area (Å²) in [6, 6.07) is 0.902. The first-order valence-electron chi connectivity index (χ1n) is 4.87. The Kier molecular flexibility index (Phi) is 4.70. The number of urea groups is 1. The van der Waals surface area contributed by atoms with E-state index in [1.165, 1.54) is 18.5 Å². The topological polar surface area (TPSA) is 135 Å². The zero-order valence-electron chi connectivity index (χ0n) is 9.06. The van der Waals surface area contributed by atoms with E-state index in [4.69, 9.17) is 11.6 Å². The zero-order chi connectivity index (χ0) is 12.7. The van der Waals surface area contributed by atoms with Crippen LogP contribution in [-0.4, -0.2) is 30.0 Å². The highest BCUT2D eigenvalue weighted by molar-refractivity contribution is 5.99. The van der Waals surface area contributed by atoms with E-state index in [0.717, 1.165) is 0 Å². The Hall–Kier alpha value is -2.35. The molecule has 1 aromatic rings. The number of aromatic nitrogens is 1. The number of hydrogen-bond donors (Lipinski definition) is 5. The van der Waals surface area contributed by atoms with E-state index in [2.05, 4.69) is 21.0 Å². The highest BCUT2D eigenvalue weighted by atomic mass is 16.2. The van der Waals surface area contributed by atoms with E-state index in [9.17, 15) is 9.59 Å². The van der Waals surface area contributed by atoms with Crippen LogP contribution in [0.1, 0.15) is 10.4 Å². The number of hydrogen-bond acceptors (Lipinski definition) is 5. The van der Waals surface area contributed by atoms with Gasteiger partial charge in [-0.3, -0.25) is 15.6 Å². The van der Waals surface area contributed by atoms with Crippen molar-refractivity contribution in [3.63, 3.8) is 0 Å². The molecule has 0 aromatic carbocycles. The van der Waals surface area contributed by atoms with Crippen LogP contribution >= 0.6 is 0 Å². The summed E-state index contributed by atoms with van der Waals surface area (Å²) in [6.45, 7) is 0.533. The van der Waals surface area contributed by atoms with E-state index in [1.54, 1.807) is 0 Å². The molecule has 0 unspecified atom stereocenters. The summed E-state index contributed by atoms with van der Waals surface area (Å²) < 4.78 is 0. The summed E-state index contributed by atoms with van der Waals surface area (Å²) in [5, 5.41) is 4.95. The number of nitrogens with zero attached hydrogens (tertiary/aromatic N) is 1. The van der Waals surface area contributed by atoms with Crippen LogP contribution in [0.4, 0.5) is 10.5 Å². The molecule has 1 aromatic heterocycles. The summed E-state index contributed by atoms with van der Waals surface area (Å²) in [6.07, 6.45) is 2.92. The van der Waals surface area contributed by atoms with Crippen LogP contribution in [0.2, 0.25) is 0 Å². The van der Waals surface area contributed by atoms with Gasteiger partial charge in [-0.25, -0.2) is 4.79 Å². The lowest BCUT2D eigenvalue weighted by Crippen LogP contribution is -2.37. The van der Waals surface area contributed by atoms with Gasteiger partial charge in [-0.05, 0) is 6.07 Å². The third-order valence-corrected chi connectivity index (χ3v) is 1.93. The van der Waals surface area contributed by atoms with Gasteiger partial charge in [0.15, 0.2) is 0 Å². The Labute approximate surface area is 97.7 Å². The SMILES string of the molecule is NNc1cnccc1C(=O)NCCNC(N)=O. The number of pyridine rings is 1. The second-order valence-electron chi connectivity index (χ2n) is 3.11. The molecule has 0 atom stereocenters. The van der Waals surface area contributed by atoms with Crippen LogP contribution in [0.5, 0.6) is 0 Å². The molecule has 0 bridgehead atoms. The first kappa shape index (κ1) is 12.7. The third kappa shape index (κ3) is 3.95. The molecule has 3 amide bonds. The van der Waals surface area contributed by atoms with Crippen molar-refractivity contribution in [2.24, 2.45) is 11.6 Å². The predicted octanol–water partition coefficient (Wildman–Crippen LogP) is -1.23. The van der Waals surface area contributed by atoms with Crippen LogP contribution < -0.4 is 27.6 Å². The van der Waals surface area contributed by atoms with Gasteiger partial charge in [0.2, 0.25) is 0 Å². The molecule has 8 heteroatoms. The summed E-state index contributed by atoms with van der Waals surface area (Å²) in [5.41, 5.74) is 8.04. The maximum Gasteiger partial charge on any atom is 0.312 e. The molecule has 0 spiro atoms. The molecule has 7 N–H and O–H groups in total. The van der Waals surface area contributed by atoms with E-state index < -0.39 is 6.03 Å². The Morgan fingerprint density at radius 1 is 1.29 bits per heavy atom. The zero-order valence-corrected chi connectivity index (χ0v) is 9.06. The number of rotatable bonds is 5. The van der Waals surface area contributed by atoms with Gasteiger partial charge in [0.25, 0.3) is 5.91 Å². The van der Waals surface area contributed by atoms with Crippen molar-refractivity contribution in [1.29, 1.82) is 0 Å². The molecule has 0 saturated heterocycles. The Balaban J connectivity index is 2.49. The molecule has 0 fully saturated rings. The van der Waals surface area contributed by atoms with Gasteiger partial charge in [-0.15, -0.1) is 0 Å². The van der Waals surface area contributed by atoms with E-state index in [1.807, 2.05) is 0 Å². The lowest BCUT2D eigenvalue weighted by molar-refractivity contribution is 0.0954.